The van der Waals surface area contributed by atoms with E-state index in [9.17, 15) is 5.11 Å². The molecular formula is C15H19NO2. The second kappa shape index (κ2) is 5.90. The molecule has 0 atom stereocenters. The zero-order valence-electron chi connectivity index (χ0n) is 10.5. The van der Waals surface area contributed by atoms with Crippen LogP contribution in [0.5, 0.6) is 5.75 Å². The van der Waals surface area contributed by atoms with Crippen molar-refractivity contribution >= 4 is 0 Å². The lowest BCUT2D eigenvalue weighted by Gasteiger charge is -2.12. The van der Waals surface area contributed by atoms with E-state index in [0.717, 1.165) is 31.7 Å². The zero-order chi connectivity index (χ0) is 12.8. The first-order chi connectivity index (χ1) is 8.78. The van der Waals surface area contributed by atoms with Crippen LogP contribution in [0.2, 0.25) is 0 Å². The average molecular weight is 245 g/mol. The number of ether oxygens (including phenoxy) is 1. The van der Waals surface area contributed by atoms with Crippen molar-refractivity contribution in [3.63, 3.8) is 0 Å². The second-order valence-electron chi connectivity index (χ2n) is 4.90. The van der Waals surface area contributed by atoms with Crippen LogP contribution < -0.4 is 10.1 Å². The normalized spacial score (nSPS) is 16.0. The van der Waals surface area contributed by atoms with E-state index in [4.69, 9.17) is 11.2 Å². The van der Waals surface area contributed by atoms with Gasteiger partial charge in [-0.05, 0) is 30.5 Å². The number of aliphatic hydroxyl groups excluding tert-OH is 1. The highest BCUT2D eigenvalue weighted by molar-refractivity contribution is 5.27. The molecule has 0 radical (unpaired) electrons. The first-order valence-corrected chi connectivity index (χ1v) is 6.25. The number of aliphatic hydroxyl groups is 1. The van der Waals surface area contributed by atoms with E-state index in [-0.39, 0.29) is 5.41 Å². The van der Waals surface area contributed by atoms with E-state index in [1.807, 2.05) is 24.3 Å². The third-order valence-electron chi connectivity index (χ3n) is 3.37. The Morgan fingerprint density at radius 2 is 2.06 bits per heavy atom. The number of terminal acetylenes is 1. The van der Waals surface area contributed by atoms with Crippen LogP contribution >= 0.6 is 0 Å². The highest BCUT2D eigenvalue weighted by Gasteiger charge is 2.41. The molecule has 1 fully saturated rings. The van der Waals surface area contributed by atoms with Gasteiger partial charge in [0.2, 0.25) is 0 Å². The molecule has 1 aliphatic rings. The van der Waals surface area contributed by atoms with Crippen molar-refractivity contribution in [1.82, 2.24) is 5.32 Å². The van der Waals surface area contributed by atoms with E-state index < -0.39 is 0 Å². The van der Waals surface area contributed by atoms with Crippen LogP contribution in [0.4, 0.5) is 0 Å². The molecule has 1 aliphatic carbocycles. The minimum atomic E-state index is 0.163. The Bertz CT molecular complexity index is 415. The summed E-state index contributed by atoms with van der Waals surface area (Å²) in [7, 11) is 0. The third-order valence-corrected chi connectivity index (χ3v) is 3.37. The molecule has 0 spiro atoms. The fraction of sp³-hybridized carbons (Fsp3) is 0.467. The van der Waals surface area contributed by atoms with E-state index in [2.05, 4.69) is 11.2 Å². The lowest BCUT2D eigenvalue weighted by Crippen LogP contribution is -2.26. The summed E-state index contributed by atoms with van der Waals surface area (Å²) in [6.45, 7) is 2.30. The van der Waals surface area contributed by atoms with E-state index in [0.29, 0.717) is 13.2 Å². The predicted molar refractivity (Wildman–Crippen MR) is 71.2 cm³/mol. The van der Waals surface area contributed by atoms with Gasteiger partial charge in [0.15, 0.2) is 0 Å². The number of hydrogen-bond donors (Lipinski definition) is 2. The molecule has 0 unspecified atom stereocenters. The van der Waals surface area contributed by atoms with Gasteiger partial charge in [0.1, 0.15) is 12.4 Å². The van der Waals surface area contributed by atoms with Crippen molar-refractivity contribution in [2.24, 2.45) is 5.41 Å². The van der Waals surface area contributed by atoms with Crippen LogP contribution in [0.1, 0.15) is 18.4 Å². The van der Waals surface area contributed by atoms with Crippen molar-refractivity contribution < 1.29 is 9.84 Å². The fourth-order valence-corrected chi connectivity index (χ4v) is 1.87. The van der Waals surface area contributed by atoms with Crippen LogP contribution in [0.15, 0.2) is 24.3 Å². The third kappa shape index (κ3) is 3.49. The Kier molecular flexibility index (Phi) is 4.24. The number of nitrogens with one attached hydrogen (secondary N) is 1. The first kappa shape index (κ1) is 12.9. The summed E-state index contributed by atoms with van der Waals surface area (Å²) in [6, 6.07) is 7.90. The summed E-state index contributed by atoms with van der Waals surface area (Å²) in [5.41, 5.74) is 1.37. The van der Waals surface area contributed by atoms with Gasteiger partial charge < -0.3 is 15.2 Å². The standard InChI is InChI=1S/C15H19NO2/c1-2-9-18-14-5-3-13(4-6-14)10-16-11-15(12-17)7-8-15/h1,3-6,16-17H,7-12H2. The summed E-state index contributed by atoms with van der Waals surface area (Å²) in [5, 5.41) is 12.6. The molecule has 1 aromatic rings. The number of hydrogen-bond acceptors (Lipinski definition) is 3. The van der Waals surface area contributed by atoms with Crippen LogP contribution in [-0.4, -0.2) is 24.9 Å². The van der Waals surface area contributed by atoms with Gasteiger partial charge in [0.25, 0.3) is 0 Å². The van der Waals surface area contributed by atoms with Gasteiger partial charge in [0.05, 0.1) is 0 Å². The summed E-state index contributed by atoms with van der Waals surface area (Å²) in [6.07, 6.45) is 7.39. The van der Waals surface area contributed by atoms with Crippen molar-refractivity contribution in [1.29, 1.82) is 0 Å². The maximum atomic E-state index is 9.20. The van der Waals surface area contributed by atoms with E-state index in [1.165, 1.54) is 5.56 Å². The minimum Gasteiger partial charge on any atom is -0.481 e. The Morgan fingerprint density at radius 1 is 1.33 bits per heavy atom. The second-order valence-corrected chi connectivity index (χ2v) is 4.90. The fourth-order valence-electron chi connectivity index (χ4n) is 1.87. The lowest BCUT2D eigenvalue weighted by molar-refractivity contribution is 0.207. The van der Waals surface area contributed by atoms with Gasteiger partial charge in [-0.2, -0.15) is 0 Å². The average Bonchev–Trinajstić information content (AvgIpc) is 3.18. The Morgan fingerprint density at radius 3 is 2.61 bits per heavy atom. The molecule has 0 aromatic heterocycles. The zero-order valence-corrected chi connectivity index (χ0v) is 10.5. The van der Waals surface area contributed by atoms with Crippen molar-refractivity contribution in [2.45, 2.75) is 19.4 Å². The molecular weight excluding hydrogens is 226 g/mol. The molecule has 96 valence electrons. The SMILES string of the molecule is C#CCOc1ccc(CNCC2(CO)CC2)cc1. The minimum absolute atomic E-state index is 0.163. The van der Waals surface area contributed by atoms with Gasteiger partial charge in [-0.1, -0.05) is 18.1 Å². The monoisotopic (exact) mass is 245 g/mol. The molecule has 0 aliphatic heterocycles. The van der Waals surface area contributed by atoms with Crippen LogP contribution in [0.25, 0.3) is 0 Å². The predicted octanol–water partition coefficient (Wildman–Crippen LogP) is 1.56. The highest BCUT2D eigenvalue weighted by Crippen LogP contribution is 2.44. The van der Waals surface area contributed by atoms with Crippen molar-refractivity contribution in [3.05, 3.63) is 29.8 Å². The molecule has 1 saturated carbocycles. The quantitative estimate of drug-likeness (QED) is 0.716. The molecule has 2 rings (SSSR count). The van der Waals surface area contributed by atoms with Crippen LogP contribution in [-0.2, 0) is 6.54 Å². The molecule has 0 saturated heterocycles. The smallest absolute Gasteiger partial charge is 0.148 e. The number of benzene rings is 1. The Balaban J connectivity index is 1.74. The van der Waals surface area contributed by atoms with Crippen molar-refractivity contribution in [2.75, 3.05) is 19.8 Å². The molecule has 1 aromatic carbocycles. The topological polar surface area (TPSA) is 41.5 Å². The van der Waals surface area contributed by atoms with E-state index >= 15 is 0 Å². The van der Waals surface area contributed by atoms with Crippen molar-refractivity contribution in [3.8, 4) is 18.1 Å². The molecule has 0 amide bonds. The summed E-state index contributed by atoms with van der Waals surface area (Å²) in [4.78, 5) is 0. The maximum Gasteiger partial charge on any atom is 0.148 e. The largest absolute Gasteiger partial charge is 0.481 e. The molecule has 3 nitrogen and oxygen atoms in total. The van der Waals surface area contributed by atoms with Gasteiger partial charge in [-0.15, -0.1) is 6.42 Å². The highest BCUT2D eigenvalue weighted by atomic mass is 16.5. The summed E-state index contributed by atoms with van der Waals surface area (Å²) >= 11 is 0. The van der Waals surface area contributed by atoms with Gasteiger partial charge in [-0.25, -0.2) is 0 Å². The molecule has 0 bridgehead atoms. The Hall–Kier alpha value is -1.50. The van der Waals surface area contributed by atoms with Crippen LogP contribution in [0.3, 0.4) is 0 Å². The van der Waals surface area contributed by atoms with Gasteiger partial charge in [-0.3, -0.25) is 0 Å². The Labute approximate surface area is 108 Å². The number of rotatable bonds is 7. The molecule has 18 heavy (non-hydrogen) atoms. The lowest BCUT2D eigenvalue weighted by atomic mass is 10.1. The van der Waals surface area contributed by atoms with E-state index in [1.54, 1.807) is 0 Å². The van der Waals surface area contributed by atoms with Gasteiger partial charge >= 0.3 is 0 Å². The first-order valence-electron chi connectivity index (χ1n) is 6.25. The molecule has 2 N–H and O–H groups in total. The molecule has 3 heteroatoms. The summed E-state index contributed by atoms with van der Waals surface area (Å²) in [5.74, 6) is 3.23. The summed E-state index contributed by atoms with van der Waals surface area (Å²) < 4.78 is 5.31. The van der Waals surface area contributed by atoms with Gasteiger partial charge in [0, 0.05) is 25.1 Å². The molecule has 0 heterocycles. The van der Waals surface area contributed by atoms with Crippen LogP contribution in [0, 0.1) is 17.8 Å². The maximum absolute atomic E-state index is 9.20.